The SMILES string of the molecule is COCCOCCOC(=O)NC(Cc1ccccc1)C(O)CC(Cc1ccccc1)C(=O)NC1c2ccccc2CC1O. The predicted molar refractivity (Wildman–Crippen MR) is 162 cm³/mol. The minimum absolute atomic E-state index is 0.0495. The molecule has 0 heterocycles. The summed E-state index contributed by atoms with van der Waals surface area (Å²) in [6.45, 7) is 1.11. The molecule has 0 radical (unpaired) electrons. The highest BCUT2D eigenvalue weighted by molar-refractivity contribution is 5.80. The lowest BCUT2D eigenvalue weighted by molar-refractivity contribution is -0.127. The van der Waals surface area contributed by atoms with Gasteiger partial charge in [-0.2, -0.15) is 0 Å². The maximum absolute atomic E-state index is 13.8. The number of rotatable bonds is 16. The molecule has 2 amide bonds. The Morgan fingerprint density at radius 3 is 2.19 bits per heavy atom. The normalized spacial score (nSPS) is 17.8. The lowest BCUT2D eigenvalue weighted by Crippen LogP contribution is -2.47. The highest BCUT2D eigenvalue weighted by Crippen LogP contribution is 2.32. The van der Waals surface area contributed by atoms with Crippen LogP contribution in [0.3, 0.4) is 0 Å². The second-order valence-corrected chi connectivity index (χ2v) is 10.8. The van der Waals surface area contributed by atoms with E-state index in [0.717, 1.165) is 22.3 Å². The van der Waals surface area contributed by atoms with Crippen molar-refractivity contribution in [1.82, 2.24) is 10.6 Å². The van der Waals surface area contributed by atoms with Gasteiger partial charge < -0.3 is 35.1 Å². The Kier molecular flexibility index (Phi) is 12.5. The molecule has 0 spiro atoms. The number of amides is 2. The third-order valence-electron chi connectivity index (χ3n) is 7.68. The predicted octanol–water partition coefficient (Wildman–Crippen LogP) is 3.37. The van der Waals surface area contributed by atoms with Crippen LogP contribution in [0.2, 0.25) is 0 Å². The second kappa shape index (κ2) is 16.8. The van der Waals surface area contributed by atoms with Crippen molar-refractivity contribution in [2.45, 2.75) is 50.0 Å². The number of carbonyl (C=O) groups excluding carboxylic acids is 2. The van der Waals surface area contributed by atoms with E-state index in [-0.39, 0.29) is 25.5 Å². The van der Waals surface area contributed by atoms with Crippen LogP contribution in [-0.2, 0) is 38.3 Å². The van der Waals surface area contributed by atoms with Crippen LogP contribution in [-0.4, -0.2) is 74.0 Å². The van der Waals surface area contributed by atoms with Crippen LogP contribution < -0.4 is 10.6 Å². The van der Waals surface area contributed by atoms with E-state index in [2.05, 4.69) is 10.6 Å². The molecule has 3 aromatic rings. The fourth-order valence-electron chi connectivity index (χ4n) is 5.44. The zero-order valence-electron chi connectivity index (χ0n) is 24.6. The first kappa shape index (κ1) is 32.2. The first-order valence-electron chi connectivity index (χ1n) is 14.8. The number of hydrogen-bond donors (Lipinski definition) is 4. The molecule has 43 heavy (non-hydrogen) atoms. The van der Waals surface area contributed by atoms with Gasteiger partial charge in [0.25, 0.3) is 0 Å². The van der Waals surface area contributed by atoms with Gasteiger partial charge in [-0.1, -0.05) is 84.9 Å². The van der Waals surface area contributed by atoms with E-state index in [1.807, 2.05) is 84.9 Å². The van der Waals surface area contributed by atoms with Crippen molar-refractivity contribution in [2.24, 2.45) is 5.92 Å². The highest BCUT2D eigenvalue weighted by Gasteiger charge is 2.35. The van der Waals surface area contributed by atoms with Gasteiger partial charge >= 0.3 is 6.09 Å². The van der Waals surface area contributed by atoms with E-state index < -0.39 is 36.3 Å². The first-order valence-corrected chi connectivity index (χ1v) is 14.8. The van der Waals surface area contributed by atoms with Crippen LogP contribution in [0.5, 0.6) is 0 Å². The molecule has 9 nitrogen and oxygen atoms in total. The molecule has 0 aromatic heterocycles. The number of aliphatic hydroxyl groups is 2. The van der Waals surface area contributed by atoms with Gasteiger partial charge in [-0.05, 0) is 41.5 Å². The zero-order chi connectivity index (χ0) is 30.4. The Morgan fingerprint density at radius 1 is 0.860 bits per heavy atom. The van der Waals surface area contributed by atoms with E-state index in [0.29, 0.717) is 32.5 Å². The van der Waals surface area contributed by atoms with Crippen LogP contribution in [0.15, 0.2) is 84.9 Å². The number of fused-ring (bicyclic) bond motifs is 1. The molecule has 1 aliphatic carbocycles. The molecule has 5 atom stereocenters. The van der Waals surface area contributed by atoms with Crippen molar-refractivity contribution in [2.75, 3.05) is 33.5 Å². The number of aliphatic hydroxyl groups excluding tert-OH is 2. The Balaban J connectivity index is 1.46. The van der Waals surface area contributed by atoms with Crippen LogP contribution in [0.4, 0.5) is 4.79 Å². The average Bonchev–Trinajstić information content (AvgIpc) is 3.33. The number of benzene rings is 3. The molecule has 0 bridgehead atoms. The molecule has 1 aliphatic rings. The fraction of sp³-hybridized carbons (Fsp3) is 0.412. The van der Waals surface area contributed by atoms with Crippen molar-refractivity contribution in [3.63, 3.8) is 0 Å². The Hall–Kier alpha value is -3.76. The molecule has 0 saturated heterocycles. The lowest BCUT2D eigenvalue weighted by Gasteiger charge is -2.28. The van der Waals surface area contributed by atoms with E-state index in [9.17, 15) is 19.8 Å². The molecular formula is C34H42N2O7. The van der Waals surface area contributed by atoms with Crippen LogP contribution in [0.1, 0.15) is 34.7 Å². The van der Waals surface area contributed by atoms with Crippen molar-refractivity contribution < 1.29 is 34.0 Å². The summed E-state index contributed by atoms with van der Waals surface area (Å²) in [6.07, 6.45) is -1.19. The number of carbonyl (C=O) groups is 2. The molecule has 4 N–H and O–H groups in total. The number of alkyl carbamates (subject to hydrolysis) is 1. The topological polar surface area (TPSA) is 126 Å². The number of hydrogen-bond acceptors (Lipinski definition) is 7. The van der Waals surface area contributed by atoms with Gasteiger partial charge in [0.2, 0.25) is 5.91 Å². The Labute approximate surface area is 253 Å². The van der Waals surface area contributed by atoms with Crippen molar-refractivity contribution >= 4 is 12.0 Å². The summed E-state index contributed by atoms with van der Waals surface area (Å²) in [5.41, 5.74) is 3.78. The quantitative estimate of drug-likeness (QED) is 0.189. The molecule has 0 aliphatic heterocycles. The largest absolute Gasteiger partial charge is 0.447 e. The molecule has 3 aromatic carbocycles. The fourth-order valence-corrected chi connectivity index (χ4v) is 5.44. The molecule has 5 unspecified atom stereocenters. The summed E-state index contributed by atoms with van der Waals surface area (Å²) in [6, 6.07) is 25.6. The van der Waals surface area contributed by atoms with Crippen molar-refractivity contribution in [3.05, 3.63) is 107 Å². The van der Waals surface area contributed by atoms with Gasteiger partial charge in [0.1, 0.15) is 6.61 Å². The summed E-state index contributed by atoms with van der Waals surface area (Å²) >= 11 is 0. The Bertz CT molecular complexity index is 1270. The van der Waals surface area contributed by atoms with Crippen LogP contribution in [0, 0.1) is 5.92 Å². The summed E-state index contributed by atoms with van der Waals surface area (Å²) in [7, 11) is 1.58. The number of ether oxygens (including phenoxy) is 3. The molecular weight excluding hydrogens is 548 g/mol. The average molecular weight is 591 g/mol. The molecule has 4 rings (SSSR count). The first-order chi connectivity index (χ1) is 20.9. The number of methoxy groups -OCH3 is 1. The summed E-state index contributed by atoms with van der Waals surface area (Å²) < 4.78 is 15.6. The monoisotopic (exact) mass is 590 g/mol. The smallest absolute Gasteiger partial charge is 0.407 e. The maximum atomic E-state index is 13.8. The zero-order valence-corrected chi connectivity index (χ0v) is 24.6. The second-order valence-electron chi connectivity index (χ2n) is 10.8. The van der Waals surface area contributed by atoms with E-state index in [1.165, 1.54) is 0 Å². The van der Waals surface area contributed by atoms with Crippen molar-refractivity contribution in [3.8, 4) is 0 Å². The summed E-state index contributed by atoms with van der Waals surface area (Å²) in [4.78, 5) is 26.5. The molecule has 0 fully saturated rings. The summed E-state index contributed by atoms with van der Waals surface area (Å²) in [5, 5.41) is 28.1. The van der Waals surface area contributed by atoms with Crippen LogP contribution >= 0.6 is 0 Å². The summed E-state index contributed by atoms with van der Waals surface area (Å²) in [5.74, 6) is -0.888. The Morgan fingerprint density at radius 2 is 1.49 bits per heavy atom. The highest BCUT2D eigenvalue weighted by atomic mass is 16.6. The number of nitrogens with one attached hydrogen (secondary N) is 2. The van der Waals surface area contributed by atoms with Gasteiger partial charge in [-0.3, -0.25) is 4.79 Å². The van der Waals surface area contributed by atoms with Crippen molar-refractivity contribution in [1.29, 1.82) is 0 Å². The van der Waals surface area contributed by atoms with E-state index in [4.69, 9.17) is 14.2 Å². The van der Waals surface area contributed by atoms with Gasteiger partial charge in [0.15, 0.2) is 0 Å². The van der Waals surface area contributed by atoms with Gasteiger partial charge in [0, 0.05) is 19.4 Å². The van der Waals surface area contributed by atoms with Gasteiger partial charge in [0.05, 0.1) is 44.1 Å². The third-order valence-corrected chi connectivity index (χ3v) is 7.68. The maximum Gasteiger partial charge on any atom is 0.407 e. The lowest BCUT2D eigenvalue weighted by atomic mass is 9.88. The standard InChI is InChI=1S/C34H42N2O7/c1-41-16-17-42-18-19-43-34(40)35-29(21-25-12-6-3-7-13-25)30(37)23-27(20-24-10-4-2-5-11-24)33(39)36-32-28-15-9-8-14-26(28)22-31(32)38/h2-15,27,29-32,37-38H,16-23H2,1H3,(H,35,40)(H,36,39). The molecule has 230 valence electrons. The third kappa shape index (κ3) is 9.90. The molecule has 9 heteroatoms. The minimum Gasteiger partial charge on any atom is -0.447 e. The van der Waals surface area contributed by atoms with E-state index >= 15 is 0 Å². The van der Waals surface area contributed by atoms with E-state index in [1.54, 1.807) is 7.11 Å². The molecule has 0 saturated carbocycles. The minimum atomic E-state index is -1.06. The van der Waals surface area contributed by atoms with Gasteiger partial charge in [-0.15, -0.1) is 0 Å². The van der Waals surface area contributed by atoms with Crippen LogP contribution in [0.25, 0.3) is 0 Å². The van der Waals surface area contributed by atoms with Gasteiger partial charge in [-0.25, -0.2) is 4.79 Å².